The molecular formula is C15H17NO4. The van der Waals surface area contributed by atoms with E-state index in [-0.39, 0.29) is 11.8 Å². The van der Waals surface area contributed by atoms with Gasteiger partial charge in [-0.15, -0.1) is 0 Å². The molecule has 0 spiro atoms. The first-order valence-corrected chi connectivity index (χ1v) is 6.66. The molecule has 0 saturated carbocycles. The number of ether oxygens (including phenoxy) is 1. The zero-order valence-corrected chi connectivity index (χ0v) is 11.7. The van der Waals surface area contributed by atoms with Crippen molar-refractivity contribution in [1.29, 1.82) is 0 Å². The minimum Gasteiger partial charge on any atom is -0.481 e. The molecule has 106 valence electrons. The standard InChI is InChI=1S/C15H17NO4/c1-8-11-9-6-4-5-7-10(9)20-15(8,2)16(3)13(17)12(11)14(18)19/h4-8,11-12H,1-3H3,(H,18,19)/t8-,11+,12+,15-/m0/s1. The maximum atomic E-state index is 12.4. The van der Waals surface area contributed by atoms with Gasteiger partial charge in [0, 0.05) is 18.9 Å². The smallest absolute Gasteiger partial charge is 0.316 e. The fourth-order valence-corrected chi connectivity index (χ4v) is 3.45. The molecule has 1 N–H and O–H groups in total. The fraction of sp³-hybridized carbons (Fsp3) is 0.467. The summed E-state index contributed by atoms with van der Waals surface area (Å²) in [4.78, 5) is 25.4. The lowest BCUT2D eigenvalue weighted by Crippen LogP contribution is -2.66. The largest absolute Gasteiger partial charge is 0.481 e. The molecule has 5 nitrogen and oxygen atoms in total. The Hall–Kier alpha value is -2.04. The summed E-state index contributed by atoms with van der Waals surface area (Å²) in [6, 6.07) is 7.38. The molecule has 3 rings (SSSR count). The monoisotopic (exact) mass is 275 g/mol. The summed E-state index contributed by atoms with van der Waals surface area (Å²) in [6.45, 7) is 3.79. The Bertz CT molecular complexity index is 599. The van der Waals surface area contributed by atoms with Gasteiger partial charge in [0.2, 0.25) is 5.91 Å². The third kappa shape index (κ3) is 1.43. The highest BCUT2D eigenvalue weighted by Gasteiger charge is 2.59. The molecule has 2 heterocycles. The van der Waals surface area contributed by atoms with Gasteiger partial charge < -0.3 is 14.7 Å². The number of carboxylic acids is 1. The maximum absolute atomic E-state index is 12.4. The second-order valence-electron chi connectivity index (χ2n) is 5.72. The lowest BCUT2D eigenvalue weighted by Gasteiger charge is -2.55. The number of carboxylic acid groups (broad SMARTS) is 1. The van der Waals surface area contributed by atoms with Gasteiger partial charge in [0.25, 0.3) is 0 Å². The van der Waals surface area contributed by atoms with E-state index in [0.29, 0.717) is 5.75 Å². The van der Waals surface area contributed by atoms with Gasteiger partial charge >= 0.3 is 5.97 Å². The van der Waals surface area contributed by atoms with Gasteiger partial charge in [-0.1, -0.05) is 25.1 Å². The Morgan fingerprint density at radius 3 is 2.70 bits per heavy atom. The van der Waals surface area contributed by atoms with Crippen LogP contribution < -0.4 is 4.74 Å². The van der Waals surface area contributed by atoms with E-state index in [1.807, 2.05) is 38.1 Å². The zero-order valence-electron chi connectivity index (χ0n) is 11.7. The van der Waals surface area contributed by atoms with E-state index in [4.69, 9.17) is 4.74 Å². The maximum Gasteiger partial charge on any atom is 0.316 e. The van der Waals surface area contributed by atoms with Gasteiger partial charge in [-0.3, -0.25) is 9.59 Å². The summed E-state index contributed by atoms with van der Waals surface area (Å²) < 4.78 is 6.03. The topological polar surface area (TPSA) is 66.8 Å². The Labute approximate surface area is 117 Å². The molecular weight excluding hydrogens is 258 g/mol. The highest BCUT2D eigenvalue weighted by atomic mass is 16.5. The Morgan fingerprint density at radius 1 is 1.40 bits per heavy atom. The quantitative estimate of drug-likeness (QED) is 0.792. The van der Waals surface area contributed by atoms with Crippen molar-refractivity contribution in [3.05, 3.63) is 29.8 Å². The zero-order chi connectivity index (χ0) is 14.7. The van der Waals surface area contributed by atoms with Crippen LogP contribution in [0.4, 0.5) is 0 Å². The molecule has 1 fully saturated rings. The number of hydrogen-bond acceptors (Lipinski definition) is 3. The van der Waals surface area contributed by atoms with Gasteiger partial charge in [-0.2, -0.15) is 0 Å². The molecule has 1 amide bonds. The van der Waals surface area contributed by atoms with Gasteiger partial charge in [0.05, 0.1) is 0 Å². The van der Waals surface area contributed by atoms with Crippen molar-refractivity contribution in [2.75, 3.05) is 7.05 Å². The van der Waals surface area contributed by atoms with Crippen molar-refractivity contribution in [3.8, 4) is 5.75 Å². The number of carbonyl (C=O) groups is 2. The number of aliphatic carboxylic acids is 1. The van der Waals surface area contributed by atoms with Crippen molar-refractivity contribution in [1.82, 2.24) is 4.90 Å². The normalized spacial score (nSPS) is 35.2. The van der Waals surface area contributed by atoms with Crippen LogP contribution in [0.15, 0.2) is 24.3 Å². The highest BCUT2D eigenvalue weighted by Crippen LogP contribution is 2.52. The van der Waals surface area contributed by atoms with Crippen LogP contribution >= 0.6 is 0 Å². The number of amides is 1. The SMILES string of the molecule is C[C@H]1[C@@H]2c3ccccc3O[C@]1(C)N(C)C(=O)[C@@H]2C(=O)O. The van der Waals surface area contributed by atoms with Crippen molar-refractivity contribution in [2.24, 2.45) is 11.8 Å². The number of benzene rings is 1. The molecule has 1 aromatic carbocycles. The van der Waals surface area contributed by atoms with E-state index in [9.17, 15) is 14.7 Å². The van der Waals surface area contributed by atoms with Gasteiger partial charge in [0.15, 0.2) is 5.72 Å². The lowest BCUT2D eigenvalue weighted by molar-refractivity contribution is -0.188. The number of piperidine rings is 1. The number of hydrogen-bond donors (Lipinski definition) is 1. The predicted molar refractivity (Wildman–Crippen MR) is 71.3 cm³/mol. The molecule has 2 aliphatic rings. The predicted octanol–water partition coefficient (Wildman–Crippen LogP) is 1.69. The van der Waals surface area contributed by atoms with Crippen LogP contribution in [0.5, 0.6) is 5.75 Å². The Kier molecular flexibility index (Phi) is 2.58. The Morgan fingerprint density at radius 2 is 2.05 bits per heavy atom. The number of rotatable bonds is 1. The third-order valence-electron chi connectivity index (χ3n) is 4.87. The first-order chi connectivity index (χ1) is 9.38. The molecule has 0 unspecified atom stereocenters. The van der Waals surface area contributed by atoms with Crippen LogP contribution in [0.1, 0.15) is 25.3 Å². The number of para-hydroxylation sites is 1. The molecule has 0 radical (unpaired) electrons. The van der Waals surface area contributed by atoms with Crippen LogP contribution in [0.3, 0.4) is 0 Å². The first kappa shape index (κ1) is 13.0. The van der Waals surface area contributed by atoms with E-state index in [2.05, 4.69) is 0 Å². The van der Waals surface area contributed by atoms with E-state index >= 15 is 0 Å². The summed E-state index contributed by atoms with van der Waals surface area (Å²) in [6.07, 6.45) is 0. The van der Waals surface area contributed by atoms with Crippen molar-refractivity contribution >= 4 is 11.9 Å². The van der Waals surface area contributed by atoms with Crippen molar-refractivity contribution < 1.29 is 19.4 Å². The average molecular weight is 275 g/mol. The lowest BCUT2D eigenvalue weighted by atomic mass is 9.67. The Balaban J connectivity index is 2.24. The molecule has 0 aromatic heterocycles. The van der Waals surface area contributed by atoms with Crippen LogP contribution in [-0.4, -0.2) is 34.7 Å². The molecule has 5 heteroatoms. The van der Waals surface area contributed by atoms with Crippen LogP contribution in [0, 0.1) is 11.8 Å². The minimum atomic E-state index is -1.07. The number of nitrogens with zero attached hydrogens (tertiary/aromatic N) is 1. The molecule has 1 saturated heterocycles. The van der Waals surface area contributed by atoms with Crippen molar-refractivity contribution in [2.45, 2.75) is 25.5 Å². The van der Waals surface area contributed by atoms with Crippen LogP contribution in [0.25, 0.3) is 0 Å². The summed E-state index contributed by atoms with van der Waals surface area (Å²) in [5.74, 6) is -2.29. The number of likely N-dealkylation sites (tertiary alicyclic amines) is 1. The second kappa shape index (κ2) is 3.98. The summed E-state index contributed by atoms with van der Waals surface area (Å²) in [5.41, 5.74) is 0.00789. The average Bonchev–Trinajstić information content (AvgIpc) is 2.40. The highest BCUT2D eigenvalue weighted by molar-refractivity contribution is 5.99. The van der Waals surface area contributed by atoms with Crippen molar-refractivity contribution in [3.63, 3.8) is 0 Å². The van der Waals surface area contributed by atoms with Gasteiger partial charge in [0.1, 0.15) is 11.7 Å². The fourth-order valence-electron chi connectivity index (χ4n) is 3.45. The molecule has 20 heavy (non-hydrogen) atoms. The summed E-state index contributed by atoms with van der Waals surface area (Å²) in [7, 11) is 1.61. The van der Waals surface area contributed by atoms with E-state index in [1.165, 1.54) is 4.90 Å². The molecule has 4 atom stereocenters. The number of carbonyl (C=O) groups excluding carboxylic acids is 1. The van der Waals surface area contributed by atoms with E-state index in [0.717, 1.165) is 5.56 Å². The first-order valence-electron chi connectivity index (χ1n) is 6.66. The summed E-state index contributed by atoms with van der Waals surface area (Å²) in [5, 5.41) is 9.48. The van der Waals surface area contributed by atoms with E-state index in [1.54, 1.807) is 7.05 Å². The minimum absolute atomic E-state index is 0.0961. The molecule has 2 aliphatic heterocycles. The molecule has 0 aliphatic carbocycles. The third-order valence-corrected chi connectivity index (χ3v) is 4.87. The van der Waals surface area contributed by atoms with Crippen LogP contribution in [0.2, 0.25) is 0 Å². The summed E-state index contributed by atoms with van der Waals surface area (Å²) >= 11 is 0. The van der Waals surface area contributed by atoms with E-state index < -0.39 is 23.5 Å². The van der Waals surface area contributed by atoms with Crippen LogP contribution in [-0.2, 0) is 9.59 Å². The second-order valence-corrected chi connectivity index (χ2v) is 5.72. The van der Waals surface area contributed by atoms with Gasteiger partial charge in [-0.25, -0.2) is 0 Å². The molecule has 2 bridgehead atoms. The number of fused-ring (bicyclic) bond motifs is 4. The van der Waals surface area contributed by atoms with Gasteiger partial charge in [-0.05, 0) is 18.6 Å². The molecule has 1 aromatic rings.